The lowest BCUT2D eigenvalue weighted by atomic mass is 10.3. The lowest BCUT2D eigenvalue weighted by molar-refractivity contribution is 0.628. The molecule has 1 nitrogen and oxygen atoms in total. The van der Waals surface area contributed by atoms with E-state index in [1.165, 1.54) is 16.3 Å². The van der Waals surface area contributed by atoms with Gasteiger partial charge in [0.25, 0.3) is 0 Å². The minimum Gasteiger partial charge on any atom is -0.384 e. The maximum Gasteiger partial charge on any atom is 0.125 e. The first-order valence-corrected chi connectivity index (χ1v) is 6.87. The average molecular weight is 253 g/mol. The lowest BCUT2D eigenvalue weighted by Gasteiger charge is -2.05. The Morgan fingerprint density at radius 3 is 2.94 bits per heavy atom. The zero-order valence-corrected chi connectivity index (χ0v) is 10.3. The Labute approximate surface area is 103 Å². The fraction of sp³-hybridized carbons (Fsp3) is 0.167. The van der Waals surface area contributed by atoms with Gasteiger partial charge in [0.1, 0.15) is 5.82 Å². The molecule has 0 unspecified atom stereocenters. The highest BCUT2D eigenvalue weighted by atomic mass is 32.2. The molecule has 0 aliphatic carbocycles. The second kappa shape index (κ2) is 5.92. The summed E-state index contributed by atoms with van der Waals surface area (Å²) < 4.78 is 14.2. The third-order valence-corrected chi connectivity index (χ3v) is 4.13. The molecule has 0 fully saturated rings. The van der Waals surface area contributed by atoms with Gasteiger partial charge in [0.05, 0.1) is 4.21 Å². The van der Waals surface area contributed by atoms with Gasteiger partial charge < -0.3 is 5.32 Å². The predicted octanol–water partition coefficient (Wildman–Crippen LogP) is 4.09. The summed E-state index contributed by atoms with van der Waals surface area (Å²) in [5.41, 5.74) is 0.840. The van der Waals surface area contributed by atoms with Crippen LogP contribution in [0.3, 0.4) is 0 Å². The summed E-state index contributed by atoms with van der Waals surface area (Å²) in [6.07, 6.45) is 0. The van der Waals surface area contributed by atoms with Crippen molar-refractivity contribution in [3.63, 3.8) is 0 Å². The van der Waals surface area contributed by atoms with Crippen molar-refractivity contribution in [1.82, 2.24) is 0 Å². The summed E-state index contributed by atoms with van der Waals surface area (Å²) in [6, 6.07) is 10.7. The molecule has 0 radical (unpaired) electrons. The van der Waals surface area contributed by atoms with E-state index in [1.807, 2.05) is 23.9 Å². The number of thioether (sulfide) groups is 1. The maximum atomic E-state index is 12.9. The van der Waals surface area contributed by atoms with Crippen LogP contribution in [0.25, 0.3) is 0 Å². The van der Waals surface area contributed by atoms with Crippen LogP contribution in [0, 0.1) is 5.82 Å². The Bertz CT molecular complexity index is 428. The smallest absolute Gasteiger partial charge is 0.125 e. The van der Waals surface area contributed by atoms with Crippen molar-refractivity contribution in [3.8, 4) is 0 Å². The van der Waals surface area contributed by atoms with Crippen molar-refractivity contribution in [2.75, 3.05) is 17.6 Å². The third kappa shape index (κ3) is 3.54. The van der Waals surface area contributed by atoms with Crippen LogP contribution in [-0.2, 0) is 0 Å². The van der Waals surface area contributed by atoms with Crippen LogP contribution in [0.5, 0.6) is 0 Å². The van der Waals surface area contributed by atoms with E-state index in [0.717, 1.165) is 18.0 Å². The Morgan fingerprint density at radius 1 is 1.25 bits per heavy atom. The van der Waals surface area contributed by atoms with E-state index in [0.29, 0.717) is 0 Å². The largest absolute Gasteiger partial charge is 0.384 e. The fourth-order valence-corrected chi connectivity index (χ4v) is 3.01. The van der Waals surface area contributed by atoms with Gasteiger partial charge in [-0.1, -0.05) is 12.1 Å². The van der Waals surface area contributed by atoms with Crippen LogP contribution in [0.1, 0.15) is 0 Å². The van der Waals surface area contributed by atoms with Crippen molar-refractivity contribution in [1.29, 1.82) is 0 Å². The van der Waals surface area contributed by atoms with E-state index in [-0.39, 0.29) is 5.82 Å². The molecule has 0 spiro atoms. The zero-order valence-electron chi connectivity index (χ0n) is 8.65. The molecule has 1 heterocycles. The molecular weight excluding hydrogens is 241 g/mol. The number of hydrogen-bond acceptors (Lipinski definition) is 3. The van der Waals surface area contributed by atoms with Crippen LogP contribution in [0.2, 0.25) is 0 Å². The Kier molecular flexibility index (Phi) is 4.25. The van der Waals surface area contributed by atoms with Gasteiger partial charge in [0.2, 0.25) is 0 Å². The van der Waals surface area contributed by atoms with E-state index in [2.05, 4.69) is 16.8 Å². The molecule has 2 aromatic rings. The monoisotopic (exact) mass is 253 g/mol. The fourth-order valence-electron chi connectivity index (χ4n) is 1.29. The summed E-state index contributed by atoms with van der Waals surface area (Å²) in [5, 5.41) is 5.26. The van der Waals surface area contributed by atoms with Gasteiger partial charge in [-0.3, -0.25) is 0 Å². The SMILES string of the molecule is Fc1cccc(NCCSc2cccs2)c1. The van der Waals surface area contributed by atoms with Crippen molar-refractivity contribution in [3.05, 3.63) is 47.6 Å². The average Bonchev–Trinajstić information content (AvgIpc) is 2.77. The first kappa shape index (κ1) is 11.5. The molecule has 0 aliphatic heterocycles. The number of rotatable bonds is 5. The molecule has 4 heteroatoms. The molecule has 16 heavy (non-hydrogen) atoms. The van der Waals surface area contributed by atoms with Crippen LogP contribution in [0.15, 0.2) is 46.0 Å². The lowest BCUT2D eigenvalue weighted by Crippen LogP contribution is -2.03. The van der Waals surface area contributed by atoms with E-state index in [1.54, 1.807) is 17.4 Å². The first-order valence-electron chi connectivity index (χ1n) is 5.00. The molecule has 0 saturated heterocycles. The molecule has 1 aromatic carbocycles. The van der Waals surface area contributed by atoms with Crippen LogP contribution < -0.4 is 5.32 Å². The summed E-state index contributed by atoms with van der Waals surface area (Å²) >= 11 is 3.56. The molecule has 1 N–H and O–H groups in total. The summed E-state index contributed by atoms with van der Waals surface area (Å²) in [4.78, 5) is 0. The molecule has 0 atom stereocenters. The molecule has 0 bridgehead atoms. The zero-order chi connectivity index (χ0) is 11.2. The van der Waals surface area contributed by atoms with Gasteiger partial charge in [0, 0.05) is 18.0 Å². The standard InChI is InChI=1S/C12H12FNS2/c13-10-3-1-4-11(9-10)14-6-8-16-12-5-2-7-15-12/h1-5,7,9,14H,6,8H2. The quantitative estimate of drug-likeness (QED) is 0.636. The number of thiophene rings is 1. The van der Waals surface area contributed by atoms with E-state index >= 15 is 0 Å². The van der Waals surface area contributed by atoms with Crippen LogP contribution in [0.4, 0.5) is 10.1 Å². The molecule has 0 saturated carbocycles. The highest BCUT2D eigenvalue weighted by Gasteiger charge is 1.96. The van der Waals surface area contributed by atoms with Gasteiger partial charge in [-0.05, 0) is 29.6 Å². The Balaban J connectivity index is 1.72. The highest BCUT2D eigenvalue weighted by Crippen LogP contribution is 2.22. The van der Waals surface area contributed by atoms with Crippen molar-refractivity contribution < 1.29 is 4.39 Å². The summed E-state index contributed by atoms with van der Waals surface area (Å²) in [5.74, 6) is 0.785. The van der Waals surface area contributed by atoms with Crippen LogP contribution >= 0.6 is 23.1 Å². The number of halogens is 1. The number of anilines is 1. The minimum absolute atomic E-state index is 0.198. The van der Waals surface area contributed by atoms with E-state index in [4.69, 9.17) is 0 Å². The van der Waals surface area contributed by atoms with Crippen LogP contribution in [-0.4, -0.2) is 12.3 Å². The van der Waals surface area contributed by atoms with E-state index in [9.17, 15) is 4.39 Å². The normalized spacial score (nSPS) is 10.3. The Morgan fingerprint density at radius 2 is 2.19 bits per heavy atom. The minimum atomic E-state index is -0.198. The molecule has 84 valence electrons. The van der Waals surface area contributed by atoms with Gasteiger partial charge in [0.15, 0.2) is 0 Å². The Hall–Kier alpha value is -1.00. The first-order chi connectivity index (χ1) is 7.84. The van der Waals surface area contributed by atoms with Crippen molar-refractivity contribution in [2.24, 2.45) is 0 Å². The molecule has 0 amide bonds. The number of nitrogens with one attached hydrogen (secondary N) is 1. The van der Waals surface area contributed by atoms with Crippen molar-refractivity contribution >= 4 is 28.8 Å². The second-order valence-corrected chi connectivity index (χ2v) is 5.56. The van der Waals surface area contributed by atoms with Gasteiger partial charge in [-0.25, -0.2) is 4.39 Å². The summed E-state index contributed by atoms with van der Waals surface area (Å²) in [7, 11) is 0. The second-order valence-electron chi connectivity index (χ2n) is 3.22. The van der Waals surface area contributed by atoms with Gasteiger partial charge in [-0.15, -0.1) is 23.1 Å². The topological polar surface area (TPSA) is 12.0 Å². The highest BCUT2D eigenvalue weighted by molar-refractivity contribution is 8.01. The summed E-state index contributed by atoms with van der Waals surface area (Å²) in [6.45, 7) is 0.839. The predicted molar refractivity (Wildman–Crippen MR) is 69.9 cm³/mol. The van der Waals surface area contributed by atoms with Gasteiger partial charge in [-0.2, -0.15) is 0 Å². The molecule has 2 rings (SSSR count). The molecule has 1 aromatic heterocycles. The third-order valence-electron chi connectivity index (χ3n) is 2.00. The number of benzene rings is 1. The van der Waals surface area contributed by atoms with Crippen molar-refractivity contribution in [2.45, 2.75) is 4.21 Å². The molecule has 0 aliphatic rings. The maximum absolute atomic E-state index is 12.9. The number of hydrogen-bond donors (Lipinski definition) is 1. The molecular formula is C12H12FNS2. The van der Waals surface area contributed by atoms with Gasteiger partial charge >= 0.3 is 0 Å². The van der Waals surface area contributed by atoms with E-state index < -0.39 is 0 Å².